The first kappa shape index (κ1) is 13.9. The number of benzene rings is 1. The molecule has 1 aromatic carbocycles. The van der Waals surface area contributed by atoms with E-state index < -0.39 is 13.0 Å². The van der Waals surface area contributed by atoms with Gasteiger partial charge in [0.25, 0.3) is 0 Å². The molecule has 0 bridgehead atoms. The molecule has 0 spiro atoms. The van der Waals surface area contributed by atoms with Gasteiger partial charge in [-0.3, -0.25) is 4.79 Å². The summed E-state index contributed by atoms with van der Waals surface area (Å²) >= 11 is 0. The lowest BCUT2D eigenvalue weighted by atomic mass is 9.78. The molecule has 0 radical (unpaired) electrons. The SMILES string of the molecule is CC(CC(N)=O)Oc1cccc2c1B(O)OC2CN. The Kier molecular flexibility index (Phi) is 4.09. The molecule has 2 rings (SSSR count). The van der Waals surface area contributed by atoms with Crippen LogP contribution in [0, 0.1) is 0 Å². The molecule has 2 atom stereocenters. The highest BCUT2D eigenvalue weighted by atomic mass is 16.5. The number of carbonyl (C=O) groups excluding carboxylic acids is 1. The average molecular weight is 264 g/mol. The molecule has 0 aromatic heterocycles. The second-order valence-electron chi connectivity index (χ2n) is 4.57. The molecule has 0 saturated heterocycles. The molecule has 1 aliphatic heterocycles. The summed E-state index contributed by atoms with van der Waals surface area (Å²) in [5.41, 5.74) is 12.1. The van der Waals surface area contributed by atoms with Gasteiger partial charge in [0.2, 0.25) is 5.91 Å². The predicted molar refractivity (Wildman–Crippen MR) is 70.8 cm³/mol. The van der Waals surface area contributed by atoms with E-state index in [1.165, 1.54) is 0 Å². The maximum Gasteiger partial charge on any atom is 0.495 e. The van der Waals surface area contributed by atoms with Gasteiger partial charge in [-0.2, -0.15) is 0 Å². The predicted octanol–water partition coefficient (Wildman–Crippen LogP) is -0.953. The van der Waals surface area contributed by atoms with Gasteiger partial charge in [-0.15, -0.1) is 0 Å². The van der Waals surface area contributed by atoms with Crippen LogP contribution in [0.3, 0.4) is 0 Å². The molecule has 5 N–H and O–H groups in total. The van der Waals surface area contributed by atoms with Crippen LogP contribution in [0.15, 0.2) is 18.2 Å². The van der Waals surface area contributed by atoms with Gasteiger partial charge in [-0.1, -0.05) is 12.1 Å². The first-order valence-electron chi connectivity index (χ1n) is 6.14. The Labute approximate surface area is 111 Å². The third-order valence-electron chi connectivity index (χ3n) is 3.02. The molecule has 1 amide bonds. The number of fused-ring (bicyclic) bond motifs is 1. The van der Waals surface area contributed by atoms with E-state index in [0.29, 0.717) is 11.2 Å². The summed E-state index contributed by atoms with van der Waals surface area (Å²) in [6, 6.07) is 5.37. The van der Waals surface area contributed by atoms with E-state index in [0.717, 1.165) is 5.56 Å². The zero-order chi connectivity index (χ0) is 14.0. The van der Waals surface area contributed by atoms with Crippen molar-refractivity contribution >= 4 is 18.5 Å². The van der Waals surface area contributed by atoms with E-state index in [4.69, 9.17) is 20.9 Å². The number of carbonyl (C=O) groups is 1. The molecule has 2 unspecified atom stereocenters. The Balaban J connectivity index is 2.23. The molecule has 19 heavy (non-hydrogen) atoms. The summed E-state index contributed by atoms with van der Waals surface area (Å²) in [6.07, 6.45) is -0.589. The highest BCUT2D eigenvalue weighted by Gasteiger charge is 2.37. The molecule has 1 aromatic rings. The Hall–Kier alpha value is -1.57. The Bertz CT molecular complexity index is 483. The Morgan fingerprint density at radius 2 is 2.37 bits per heavy atom. The third-order valence-corrected chi connectivity index (χ3v) is 3.02. The number of hydrogen-bond acceptors (Lipinski definition) is 5. The number of nitrogens with two attached hydrogens (primary N) is 2. The molecule has 7 heteroatoms. The third kappa shape index (κ3) is 2.89. The van der Waals surface area contributed by atoms with Crippen molar-refractivity contribution in [1.82, 2.24) is 0 Å². The number of rotatable bonds is 5. The quantitative estimate of drug-likeness (QED) is 0.594. The van der Waals surface area contributed by atoms with Crippen LogP contribution in [0.4, 0.5) is 0 Å². The lowest BCUT2D eigenvalue weighted by Gasteiger charge is -2.16. The number of hydrogen-bond donors (Lipinski definition) is 3. The molecule has 6 nitrogen and oxygen atoms in total. The highest BCUT2D eigenvalue weighted by Crippen LogP contribution is 2.27. The molecule has 0 aliphatic carbocycles. The first-order chi connectivity index (χ1) is 9.02. The van der Waals surface area contributed by atoms with E-state index in [9.17, 15) is 9.82 Å². The largest absolute Gasteiger partial charge is 0.495 e. The summed E-state index contributed by atoms with van der Waals surface area (Å²) in [7, 11) is -1.06. The van der Waals surface area contributed by atoms with Gasteiger partial charge in [-0.25, -0.2) is 0 Å². The van der Waals surface area contributed by atoms with Gasteiger partial charge in [0, 0.05) is 12.0 Å². The van der Waals surface area contributed by atoms with Gasteiger partial charge in [-0.05, 0) is 18.6 Å². The van der Waals surface area contributed by atoms with Crippen LogP contribution in [-0.2, 0) is 9.45 Å². The fraction of sp³-hybridized carbons (Fsp3) is 0.417. The molecule has 102 valence electrons. The van der Waals surface area contributed by atoms with Crippen molar-refractivity contribution in [2.45, 2.75) is 25.6 Å². The van der Waals surface area contributed by atoms with Crippen LogP contribution in [0.1, 0.15) is 25.0 Å². The standard InChI is InChI=1S/C12H17BN2O4/c1-7(5-11(15)16)18-9-4-2-3-8-10(6-14)19-13(17)12(8)9/h2-4,7,10,17H,5-6,14H2,1H3,(H2,15,16). The summed E-state index contributed by atoms with van der Waals surface area (Å²) < 4.78 is 11.0. The van der Waals surface area contributed by atoms with Crippen LogP contribution >= 0.6 is 0 Å². The van der Waals surface area contributed by atoms with E-state index in [2.05, 4.69) is 0 Å². The van der Waals surface area contributed by atoms with Gasteiger partial charge in [0.15, 0.2) is 0 Å². The lowest BCUT2D eigenvalue weighted by molar-refractivity contribution is -0.119. The fourth-order valence-electron chi connectivity index (χ4n) is 2.23. The lowest BCUT2D eigenvalue weighted by Crippen LogP contribution is -2.32. The highest BCUT2D eigenvalue weighted by molar-refractivity contribution is 6.62. The number of primary amides is 1. The topological polar surface area (TPSA) is 108 Å². The van der Waals surface area contributed by atoms with E-state index in [1.807, 2.05) is 6.07 Å². The minimum absolute atomic E-state index is 0.112. The second-order valence-corrected chi connectivity index (χ2v) is 4.57. The summed E-state index contributed by atoms with van der Waals surface area (Å²) in [6.45, 7) is 2.02. The monoisotopic (exact) mass is 264 g/mol. The van der Waals surface area contributed by atoms with Crippen molar-refractivity contribution in [1.29, 1.82) is 0 Å². The maximum absolute atomic E-state index is 10.8. The second kappa shape index (κ2) is 5.60. The van der Waals surface area contributed by atoms with Crippen molar-refractivity contribution in [3.05, 3.63) is 23.8 Å². The Morgan fingerprint density at radius 1 is 1.63 bits per heavy atom. The smallest absolute Gasteiger partial charge is 0.491 e. The van der Waals surface area contributed by atoms with Crippen molar-refractivity contribution in [3.8, 4) is 5.75 Å². The number of ether oxygens (including phenoxy) is 1. The van der Waals surface area contributed by atoms with Crippen molar-refractivity contribution in [3.63, 3.8) is 0 Å². The van der Waals surface area contributed by atoms with Crippen LogP contribution in [0.2, 0.25) is 0 Å². The summed E-state index contributed by atoms with van der Waals surface area (Å²) in [5.74, 6) is 0.0615. The zero-order valence-corrected chi connectivity index (χ0v) is 10.7. The minimum atomic E-state index is -1.06. The van der Waals surface area contributed by atoms with Gasteiger partial charge < -0.3 is 25.9 Å². The van der Waals surface area contributed by atoms with E-state index >= 15 is 0 Å². The van der Waals surface area contributed by atoms with Crippen LogP contribution in [0.5, 0.6) is 5.75 Å². The molecular formula is C12H17BN2O4. The van der Waals surface area contributed by atoms with Crippen LogP contribution < -0.4 is 21.7 Å². The molecule has 0 fully saturated rings. The van der Waals surface area contributed by atoms with Crippen molar-refractivity contribution in [2.24, 2.45) is 11.5 Å². The Morgan fingerprint density at radius 3 is 3.00 bits per heavy atom. The van der Waals surface area contributed by atoms with Gasteiger partial charge in [0.1, 0.15) is 11.9 Å². The molecular weight excluding hydrogens is 247 g/mol. The minimum Gasteiger partial charge on any atom is -0.491 e. The van der Waals surface area contributed by atoms with Crippen LogP contribution in [0.25, 0.3) is 0 Å². The fourth-order valence-corrected chi connectivity index (χ4v) is 2.23. The summed E-state index contributed by atoms with van der Waals surface area (Å²) in [4.78, 5) is 10.8. The first-order valence-corrected chi connectivity index (χ1v) is 6.14. The van der Waals surface area contributed by atoms with Crippen molar-refractivity contribution < 1.29 is 19.2 Å². The normalized spacial score (nSPS) is 19.1. The van der Waals surface area contributed by atoms with Crippen molar-refractivity contribution in [2.75, 3.05) is 6.54 Å². The maximum atomic E-state index is 10.8. The molecule has 1 heterocycles. The molecule has 0 saturated carbocycles. The van der Waals surface area contributed by atoms with E-state index in [-0.39, 0.29) is 25.2 Å². The van der Waals surface area contributed by atoms with Gasteiger partial charge >= 0.3 is 7.12 Å². The number of amides is 1. The zero-order valence-electron chi connectivity index (χ0n) is 10.7. The average Bonchev–Trinajstić information content (AvgIpc) is 2.66. The van der Waals surface area contributed by atoms with E-state index in [1.54, 1.807) is 19.1 Å². The molecule has 1 aliphatic rings. The summed E-state index contributed by atoms with van der Waals surface area (Å²) in [5, 5.41) is 9.91. The van der Waals surface area contributed by atoms with Gasteiger partial charge in [0.05, 0.1) is 12.5 Å². The van der Waals surface area contributed by atoms with Crippen LogP contribution in [-0.4, -0.2) is 30.7 Å².